The monoisotopic (exact) mass is 499 g/mol. The number of hydrogen-bond acceptors (Lipinski definition) is 8. The molecule has 1 amide bonds. The molecule has 1 atom stereocenters. The minimum Gasteiger partial charge on any atom is -0.462 e. The maximum atomic E-state index is 13.2. The molecule has 0 aliphatic carbocycles. The summed E-state index contributed by atoms with van der Waals surface area (Å²) in [7, 11) is 0. The van der Waals surface area contributed by atoms with Gasteiger partial charge in [-0.3, -0.25) is 14.8 Å². The molecule has 1 saturated heterocycles. The summed E-state index contributed by atoms with van der Waals surface area (Å²) in [6, 6.07) is 10.4. The number of benzene rings is 1. The van der Waals surface area contributed by atoms with E-state index >= 15 is 0 Å². The van der Waals surface area contributed by atoms with Gasteiger partial charge in [-0.25, -0.2) is 9.97 Å². The zero-order valence-corrected chi connectivity index (χ0v) is 19.2. The summed E-state index contributed by atoms with van der Waals surface area (Å²) in [4.78, 5) is 28.2. The van der Waals surface area contributed by atoms with Gasteiger partial charge in [0.05, 0.1) is 22.3 Å². The summed E-state index contributed by atoms with van der Waals surface area (Å²) in [5, 5.41) is 20.7. The highest BCUT2D eigenvalue weighted by molar-refractivity contribution is 6.33. The predicted octanol–water partition coefficient (Wildman–Crippen LogP) is 2.78. The highest BCUT2D eigenvalue weighted by atomic mass is 35.5. The molecule has 0 spiro atoms. The number of hydrogen-bond donors (Lipinski definition) is 3. The normalized spacial score (nSPS) is 15.1. The van der Waals surface area contributed by atoms with Gasteiger partial charge in [-0.1, -0.05) is 35.3 Å². The Labute approximate surface area is 203 Å². The van der Waals surface area contributed by atoms with Crippen LogP contribution in [0, 0.1) is 0 Å². The molecule has 0 unspecified atom stereocenters. The highest BCUT2D eigenvalue weighted by Gasteiger charge is 2.32. The average Bonchev–Trinajstić information content (AvgIpc) is 3.28. The number of likely N-dealkylation sites (tertiary alicyclic amines) is 1. The van der Waals surface area contributed by atoms with E-state index in [1.807, 2.05) is 17.0 Å². The van der Waals surface area contributed by atoms with E-state index in [9.17, 15) is 9.90 Å². The minimum atomic E-state index is -0.961. The number of aromatic amines is 1. The molecule has 1 aliphatic heterocycles. The SMILES string of the molecule is O=C(Nc1ccc(Cl)cn1)[C@H](CN1CC(O)C1)Oc1nc(-c2ccccc2Cl)nc2[nH]ncc12. The molecule has 3 aromatic heterocycles. The lowest BCUT2D eigenvalue weighted by Gasteiger charge is -2.37. The van der Waals surface area contributed by atoms with Crippen molar-refractivity contribution < 1.29 is 14.6 Å². The van der Waals surface area contributed by atoms with Crippen LogP contribution in [-0.2, 0) is 4.79 Å². The van der Waals surface area contributed by atoms with Crippen molar-refractivity contribution >= 4 is 46.0 Å². The van der Waals surface area contributed by atoms with Gasteiger partial charge in [0.1, 0.15) is 11.2 Å². The van der Waals surface area contributed by atoms with Crippen LogP contribution in [0.3, 0.4) is 0 Å². The molecule has 10 nitrogen and oxygen atoms in total. The van der Waals surface area contributed by atoms with Crippen molar-refractivity contribution in [3.05, 3.63) is 58.8 Å². The van der Waals surface area contributed by atoms with E-state index in [0.29, 0.717) is 51.4 Å². The Morgan fingerprint density at radius 1 is 1.21 bits per heavy atom. The van der Waals surface area contributed by atoms with Crippen LogP contribution in [0.5, 0.6) is 5.88 Å². The summed E-state index contributed by atoms with van der Waals surface area (Å²) >= 11 is 12.2. The Bertz CT molecular complexity index is 1330. The van der Waals surface area contributed by atoms with Crippen LogP contribution in [0.1, 0.15) is 0 Å². The van der Waals surface area contributed by atoms with Crippen molar-refractivity contribution in [1.82, 2.24) is 30.0 Å². The molecule has 4 heterocycles. The van der Waals surface area contributed by atoms with Crippen LogP contribution in [-0.4, -0.2) is 72.9 Å². The molecule has 1 aliphatic rings. The van der Waals surface area contributed by atoms with E-state index in [-0.39, 0.29) is 12.4 Å². The first-order chi connectivity index (χ1) is 16.5. The summed E-state index contributed by atoms with van der Waals surface area (Å²) in [5.74, 6) is 0.416. The summed E-state index contributed by atoms with van der Waals surface area (Å²) in [6.07, 6.45) is 1.59. The van der Waals surface area contributed by atoms with E-state index < -0.39 is 18.1 Å². The molecule has 5 rings (SSSR count). The third-order valence-electron chi connectivity index (χ3n) is 5.28. The van der Waals surface area contributed by atoms with Gasteiger partial charge in [0.2, 0.25) is 5.88 Å². The number of nitrogens with one attached hydrogen (secondary N) is 2. The summed E-state index contributed by atoms with van der Waals surface area (Å²) in [6.45, 7) is 1.13. The van der Waals surface area contributed by atoms with Gasteiger partial charge in [-0.05, 0) is 24.3 Å². The second kappa shape index (κ2) is 9.51. The highest BCUT2D eigenvalue weighted by Crippen LogP contribution is 2.30. The van der Waals surface area contributed by atoms with E-state index in [1.54, 1.807) is 24.3 Å². The number of halogens is 2. The molecule has 1 fully saturated rings. The summed E-state index contributed by atoms with van der Waals surface area (Å²) < 4.78 is 6.14. The van der Waals surface area contributed by atoms with Crippen LogP contribution in [0.4, 0.5) is 5.82 Å². The fourth-order valence-electron chi connectivity index (χ4n) is 3.55. The minimum absolute atomic E-state index is 0.180. The summed E-state index contributed by atoms with van der Waals surface area (Å²) in [5.41, 5.74) is 1.06. The number of amides is 1. The number of carbonyl (C=O) groups excluding carboxylic acids is 1. The third-order valence-corrected chi connectivity index (χ3v) is 5.83. The van der Waals surface area contributed by atoms with Gasteiger partial charge >= 0.3 is 0 Å². The van der Waals surface area contributed by atoms with Crippen molar-refractivity contribution in [3.8, 4) is 17.3 Å². The molecular weight excluding hydrogens is 481 g/mol. The average molecular weight is 500 g/mol. The van der Waals surface area contributed by atoms with Crippen molar-refractivity contribution in [2.24, 2.45) is 0 Å². The number of aliphatic hydroxyl groups excluding tert-OH is 1. The van der Waals surface area contributed by atoms with Gasteiger partial charge < -0.3 is 15.2 Å². The number of anilines is 1. The van der Waals surface area contributed by atoms with Crippen LogP contribution in [0.15, 0.2) is 48.8 Å². The van der Waals surface area contributed by atoms with E-state index in [0.717, 1.165) is 0 Å². The molecular formula is C22H19Cl2N7O3. The van der Waals surface area contributed by atoms with Crippen molar-refractivity contribution in [1.29, 1.82) is 0 Å². The number of aliphatic hydroxyl groups is 1. The number of β-amino-alcohol motifs (C(OH)–C–C–N with tert-alkyl or cyclic N) is 1. The van der Waals surface area contributed by atoms with Gasteiger partial charge in [0.25, 0.3) is 5.91 Å². The molecule has 0 bridgehead atoms. The number of nitrogens with zero attached hydrogens (tertiary/aromatic N) is 5. The number of fused-ring (bicyclic) bond motifs is 1. The maximum absolute atomic E-state index is 13.2. The smallest absolute Gasteiger partial charge is 0.268 e. The Balaban J connectivity index is 1.46. The van der Waals surface area contributed by atoms with Crippen LogP contribution in [0.2, 0.25) is 10.0 Å². The van der Waals surface area contributed by atoms with Gasteiger partial charge in [0.15, 0.2) is 17.6 Å². The number of ether oxygens (including phenoxy) is 1. The lowest BCUT2D eigenvalue weighted by molar-refractivity contribution is -0.125. The number of aromatic nitrogens is 5. The van der Waals surface area contributed by atoms with Crippen LogP contribution < -0.4 is 10.1 Å². The predicted molar refractivity (Wildman–Crippen MR) is 127 cm³/mol. The standard InChI is InChI=1S/C22H19Cl2N7O3/c23-12-5-6-18(25-7-12)27-21(33)17(11-31-9-13(32)10-31)34-22-15-8-26-30-20(15)28-19(29-22)14-3-1-2-4-16(14)24/h1-8,13,17,32H,9-11H2,(H,25,27,33)(H,26,28,29,30)/t17-/m0/s1. The number of rotatable bonds is 7. The fourth-order valence-corrected chi connectivity index (χ4v) is 3.88. The Hall–Kier alpha value is -3.31. The third kappa shape index (κ3) is 4.80. The molecule has 1 aromatic carbocycles. The van der Waals surface area contributed by atoms with Gasteiger partial charge in [-0.15, -0.1) is 0 Å². The van der Waals surface area contributed by atoms with Crippen molar-refractivity contribution in [2.45, 2.75) is 12.2 Å². The Kier molecular flexibility index (Phi) is 6.29. The van der Waals surface area contributed by atoms with Crippen LogP contribution >= 0.6 is 23.2 Å². The maximum Gasteiger partial charge on any atom is 0.268 e. The topological polar surface area (TPSA) is 129 Å². The van der Waals surface area contributed by atoms with Gasteiger partial charge in [0, 0.05) is 31.4 Å². The lowest BCUT2D eigenvalue weighted by atomic mass is 10.1. The van der Waals surface area contributed by atoms with Crippen molar-refractivity contribution in [2.75, 3.05) is 25.0 Å². The van der Waals surface area contributed by atoms with Crippen LogP contribution in [0.25, 0.3) is 22.4 Å². The molecule has 12 heteroatoms. The molecule has 34 heavy (non-hydrogen) atoms. The van der Waals surface area contributed by atoms with E-state index in [1.165, 1.54) is 12.4 Å². The zero-order chi connectivity index (χ0) is 23.7. The molecule has 0 saturated carbocycles. The second-order valence-electron chi connectivity index (χ2n) is 7.79. The Morgan fingerprint density at radius 3 is 2.76 bits per heavy atom. The first-order valence-electron chi connectivity index (χ1n) is 10.4. The number of pyridine rings is 1. The largest absolute Gasteiger partial charge is 0.462 e. The number of H-pyrrole nitrogens is 1. The van der Waals surface area contributed by atoms with Gasteiger partial charge in [-0.2, -0.15) is 10.1 Å². The quantitative estimate of drug-likeness (QED) is 0.354. The van der Waals surface area contributed by atoms with E-state index in [4.69, 9.17) is 27.9 Å². The molecule has 174 valence electrons. The molecule has 3 N–H and O–H groups in total. The zero-order valence-electron chi connectivity index (χ0n) is 17.7. The fraction of sp³-hybridized carbons (Fsp3) is 0.227. The molecule has 0 radical (unpaired) electrons. The lowest BCUT2D eigenvalue weighted by Crippen LogP contribution is -2.55. The molecule has 4 aromatic rings. The first kappa shape index (κ1) is 22.5. The number of carbonyl (C=O) groups is 1. The second-order valence-corrected chi connectivity index (χ2v) is 8.64. The Morgan fingerprint density at radius 2 is 2.03 bits per heavy atom. The van der Waals surface area contributed by atoms with E-state index in [2.05, 4.69) is 30.5 Å². The first-order valence-corrected chi connectivity index (χ1v) is 11.2. The van der Waals surface area contributed by atoms with Crippen molar-refractivity contribution in [3.63, 3.8) is 0 Å².